The van der Waals surface area contributed by atoms with Crippen LogP contribution in [0.15, 0.2) is 103 Å². The summed E-state index contributed by atoms with van der Waals surface area (Å²) in [6, 6.07) is 24.0. The van der Waals surface area contributed by atoms with Crippen molar-refractivity contribution < 1.29 is 33.8 Å². The summed E-state index contributed by atoms with van der Waals surface area (Å²) in [4.78, 5) is 39.5. The van der Waals surface area contributed by atoms with Gasteiger partial charge >= 0.3 is 6.03 Å². The van der Waals surface area contributed by atoms with Crippen LogP contribution in [-0.2, 0) is 16.9 Å². The van der Waals surface area contributed by atoms with E-state index in [0.717, 1.165) is 27.9 Å². The number of phenols is 2. The van der Waals surface area contributed by atoms with Crippen LogP contribution in [-0.4, -0.2) is 46.6 Å². The SMILES string of the molecule is COc1ccc2c(c1)C(=O)N(C[C@@]1(c3cc4cc(Br)ccc4o3)NC(=O)NC1=O)C2.Oc1ccc(Br)cc1.Oc1ccc(Br)cc1I. The van der Waals surface area contributed by atoms with Gasteiger partial charge in [-0.3, -0.25) is 14.9 Å². The molecule has 0 spiro atoms. The fourth-order valence-corrected chi connectivity index (χ4v) is 6.83. The first-order valence-electron chi connectivity index (χ1n) is 13.8. The van der Waals surface area contributed by atoms with Crippen molar-refractivity contribution in [2.45, 2.75) is 12.1 Å². The van der Waals surface area contributed by atoms with Gasteiger partial charge in [0.2, 0.25) is 0 Å². The van der Waals surface area contributed by atoms with Crippen LogP contribution in [0.2, 0.25) is 0 Å². The summed E-state index contributed by atoms with van der Waals surface area (Å²) in [6.45, 7) is 0.246. The van der Waals surface area contributed by atoms with Crippen LogP contribution in [0.25, 0.3) is 11.0 Å². The molecule has 7 rings (SSSR count). The molecule has 47 heavy (non-hydrogen) atoms. The number of nitrogens with zero attached hydrogens (tertiary/aromatic N) is 1. The van der Waals surface area contributed by atoms with E-state index in [9.17, 15) is 14.4 Å². The molecule has 1 saturated heterocycles. The van der Waals surface area contributed by atoms with Crippen LogP contribution in [0.3, 0.4) is 0 Å². The van der Waals surface area contributed by atoms with E-state index in [-0.39, 0.29) is 18.2 Å². The second-order valence-electron chi connectivity index (χ2n) is 10.4. The van der Waals surface area contributed by atoms with Gasteiger partial charge in [-0.15, -0.1) is 0 Å². The molecule has 4 amide bonds. The number of carbonyl (C=O) groups is 3. The molecule has 0 bridgehead atoms. The summed E-state index contributed by atoms with van der Waals surface area (Å²) in [7, 11) is 1.53. The number of benzene rings is 4. The van der Waals surface area contributed by atoms with Gasteiger partial charge in [-0.25, -0.2) is 4.79 Å². The number of amides is 4. The first-order chi connectivity index (χ1) is 22.4. The number of hydrogen-bond acceptors (Lipinski definition) is 7. The largest absolute Gasteiger partial charge is 0.508 e. The van der Waals surface area contributed by atoms with Crippen LogP contribution in [0.4, 0.5) is 4.79 Å². The van der Waals surface area contributed by atoms with Crippen molar-refractivity contribution in [1.82, 2.24) is 15.5 Å². The average Bonchev–Trinajstić information content (AvgIpc) is 3.69. The lowest BCUT2D eigenvalue weighted by Gasteiger charge is -2.29. The van der Waals surface area contributed by atoms with Gasteiger partial charge in [-0.05, 0) is 107 Å². The van der Waals surface area contributed by atoms with Crippen molar-refractivity contribution in [2.75, 3.05) is 13.7 Å². The van der Waals surface area contributed by atoms with E-state index in [2.05, 4.69) is 81.0 Å². The third-order valence-corrected chi connectivity index (χ3v) is 9.58. The zero-order chi connectivity index (χ0) is 33.9. The molecule has 0 unspecified atom stereocenters. The van der Waals surface area contributed by atoms with Gasteiger partial charge in [0.25, 0.3) is 11.8 Å². The molecule has 0 saturated carbocycles. The van der Waals surface area contributed by atoms with E-state index in [0.29, 0.717) is 34.9 Å². The maximum Gasteiger partial charge on any atom is 0.322 e. The highest BCUT2D eigenvalue weighted by Crippen LogP contribution is 2.35. The number of carbonyl (C=O) groups excluding carboxylic acids is 3. The Morgan fingerprint density at radius 1 is 0.894 bits per heavy atom. The minimum absolute atomic E-state index is 0.0681. The van der Waals surface area contributed by atoms with E-state index in [1.807, 2.05) is 24.3 Å². The van der Waals surface area contributed by atoms with Gasteiger partial charge in [0.05, 0.1) is 17.2 Å². The van der Waals surface area contributed by atoms with Crippen molar-refractivity contribution in [1.29, 1.82) is 0 Å². The highest BCUT2D eigenvalue weighted by Gasteiger charge is 2.53. The van der Waals surface area contributed by atoms with Gasteiger partial charge in [0, 0.05) is 30.9 Å². The Labute approximate surface area is 308 Å². The van der Waals surface area contributed by atoms with Crippen LogP contribution in [0.5, 0.6) is 17.2 Å². The number of fused-ring (bicyclic) bond motifs is 2. The molecule has 4 N–H and O–H groups in total. The Morgan fingerprint density at radius 2 is 1.57 bits per heavy atom. The Hall–Kier alpha value is -3.60. The summed E-state index contributed by atoms with van der Waals surface area (Å²) in [6.07, 6.45) is 0. The topological polar surface area (TPSA) is 141 Å². The lowest BCUT2D eigenvalue weighted by molar-refractivity contribution is -0.125. The molecule has 4 aromatic carbocycles. The number of furan rings is 1. The molecule has 2 aliphatic heterocycles. The fourth-order valence-electron chi connectivity index (χ4n) is 4.88. The average molecular weight is 942 g/mol. The van der Waals surface area contributed by atoms with Gasteiger partial charge in [0.1, 0.15) is 28.6 Å². The number of ether oxygens (including phenoxy) is 1. The van der Waals surface area contributed by atoms with Crippen LogP contribution in [0.1, 0.15) is 21.7 Å². The van der Waals surface area contributed by atoms with E-state index in [1.165, 1.54) is 12.0 Å². The molecule has 0 radical (unpaired) electrons. The minimum Gasteiger partial charge on any atom is -0.508 e. The summed E-state index contributed by atoms with van der Waals surface area (Å²) in [5, 5.41) is 23.5. The van der Waals surface area contributed by atoms with Crippen LogP contribution >= 0.6 is 70.4 Å². The molecular weight excluding hydrogens is 917 g/mol. The van der Waals surface area contributed by atoms with Gasteiger partial charge in [0.15, 0.2) is 5.54 Å². The normalized spacial score (nSPS) is 16.4. The van der Waals surface area contributed by atoms with E-state index >= 15 is 0 Å². The van der Waals surface area contributed by atoms with Crippen molar-refractivity contribution in [2.24, 2.45) is 0 Å². The number of hydrogen-bond donors (Lipinski definition) is 4. The molecule has 1 atom stereocenters. The second-order valence-corrected chi connectivity index (χ2v) is 14.3. The van der Waals surface area contributed by atoms with E-state index in [1.54, 1.807) is 60.7 Å². The molecule has 14 heteroatoms. The second kappa shape index (κ2) is 14.7. The maximum absolute atomic E-state index is 13.0. The van der Waals surface area contributed by atoms with E-state index in [4.69, 9.17) is 19.4 Å². The number of urea groups is 1. The number of aromatic hydroxyl groups is 2. The van der Waals surface area contributed by atoms with Crippen molar-refractivity contribution in [3.63, 3.8) is 0 Å². The Morgan fingerprint density at radius 3 is 2.19 bits per heavy atom. The molecular formula is C33H25Br3IN3O7. The number of imide groups is 1. The lowest BCUT2D eigenvalue weighted by Crippen LogP contribution is -2.52. The summed E-state index contributed by atoms with van der Waals surface area (Å²) < 4.78 is 14.8. The number of halogens is 4. The van der Waals surface area contributed by atoms with Crippen LogP contribution < -0.4 is 15.4 Å². The molecule has 3 heterocycles. The molecule has 2 aliphatic rings. The standard InChI is InChI=1S/C21H16BrN3O5.C6H4BrIO.C6H5BrO/c1-29-14-4-2-11-9-25(18(26)15(11)8-14)10-21(19(27)23-20(28)24-21)17-7-12-6-13(22)3-5-16(12)30-17;7-4-1-2-6(9)5(8)3-4;7-5-1-3-6(8)4-2-5/h2-8H,9-10H2,1H3,(H2,23,24,27,28);1-3,9H;1-4,8H/t21-;;/m0../s1. The van der Waals surface area contributed by atoms with Crippen molar-refractivity contribution in [3.8, 4) is 17.2 Å². The van der Waals surface area contributed by atoms with Gasteiger partial charge in [-0.1, -0.05) is 53.9 Å². The first-order valence-corrected chi connectivity index (χ1v) is 17.2. The summed E-state index contributed by atoms with van der Waals surface area (Å²) >= 11 is 12.0. The number of nitrogens with one attached hydrogen (secondary N) is 2. The predicted molar refractivity (Wildman–Crippen MR) is 194 cm³/mol. The Balaban J connectivity index is 0.000000208. The molecule has 5 aromatic rings. The minimum atomic E-state index is -1.52. The highest BCUT2D eigenvalue weighted by molar-refractivity contribution is 14.1. The predicted octanol–water partition coefficient (Wildman–Crippen LogP) is 7.81. The molecule has 10 nitrogen and oxygen atoms in total. The highest BCUT2D eigenvalue weighted by atomic mass is 127. The van der Waals surface area contributed by atoms with Gasteiger partial charge in [-0.2, -0.15) is 0 Å². The molecule has 0 aliphatic carbocycles. The maximum atomic E-state index is 13.0. The first kappa shape index (κ1) is 34.7. The zero-order valence-corrected chi connectivity index (χ0v) is 31.3. The molecule has 242 valence electrons. The fraction of sp³-hybridized carbons (Fsp3) is 0.121. The lowest BCUT2D eigenvalue weighted by atomic mass is 9.95. The van der Waals surface area contributed by atoms with Gasteiger partial charge < -0.3 is 29.6 Å². The summed E-state index contributed by atoms with van der Waals surface area (Å²) in [5.74, 6) is 0.670. The van der Waals surface area contributed by atoms with Crippen LogP contribution in [0, 0.1) is 3.57 Å². The van der Waals surface area contributed by atoms with Crippen molar-refractivity contribution in [3.05, 3.63) is 119 Å². The third-order valence-electron chi connectivity index (χ3n) is 7.20. The summed E-state index contributed by atoms with van der Waals surface area (Å²) in [5.41, 5.74) is 0.393. The molecule has 1 aromatic heterocycles. The molecule has 1 fully saturated rings. The number of rotatable bonds is 4. The Kier molecular flexibility index (Phi) is 10.8. The zero-order valence-electron chi connectivity index (χ0n) is 24.4. The van der Waals surface area contributed by atoms with Crippen molar-refractivity contribution >= 4 is 99.2 Å². The quantitative estimate of drug-likeness (QED) is 0.107. The smallest absolute Gasteiger partial charge is 0.322 e. The Bertz CT molecular complexity index is 1970. The van der Waals surface area contributed by atoms with E-state index < -0.39 is 17.5 Å². The number of methoxy groups -OCH3 is 1. The number of phenolic OH excluding ortho intramolecular Hbond substituents is 2. The monoisotopic (exact) mass is 939 g/mol. The third kappa shape index (κ3) is 7.93.